The molecule has 1 heterocycles. The van der Waals surface area contributed by atoms with Gasteiger partial charge < -0.3 is 14.8 Å². The predicted octanol–water partition coefficient (Wildman–Crippen LogP) is 3.29. The Balaban J connectivity index is 0.00000338. The van der Waals surface area contributed by atoms with Crippen LogP contribution in [0.25, 0.3) is 0 Å². The molecular formula is C18H20Cl2N2O4. The molecule has 0 bridgehead atoms. The molecule has 2 rings (SSSR count). The Labute approximate surface area is 163 Å². The highest BCUT2D eigenvalue weighted by molar-refractivity contribution is 6.30. The summed E-state index contributed by atoms with van der Waals surface area (Å²) in [6.07, 6.45) is 3.08. The Hall–Kier alpha value is -2.31. The van der Waals surface area contributed by atoms with Crippen LogP contribution in [0.5, 0.6) is 5.75 Å². The van der Waals surface area contributed by atoms with Crippen molar-refractivity contribution in [2.24, 2.45) is 0 Å². The highest BCUT2D eigenvalue weighted by Crippen LogP contribution is 2.15. The second kappa shape index (κ2) is 9.99. The van der Waals surface area contributed by atoms with Gasteiger partial charge in [0.25, 0.3) is 5.91 Å². The van der Waals surface area contributed by atoms with Gasteiger partial charge in [-0.25, -0.2) is 4.79 Å². The zero-order chi connectivity index (χ0) is 18.3. The van der Waals surface area contributed by atoms with Crippen LogP contribution < -0.4 is 10.1 Å². The van der Waals surface area contributed by atoms with Crippen LogP contribution >= 0.6 is 24.0 Å². The molecule has 0 aliphatic rings. The number of halogens is 2. The lowest BCUT2D eigenvalue weighted by molar-refractivity contribution is -0.147. The number of hydrogen-bond acceptors (Lipinski definition) is 5. The minimum Gasteiger partial charge on any atom is -0.482 e. The predicted molar refractivity (Wildman–Crippen MR) is 101 cm³/mol. The summed E-state index contributed by atoms with van der Waals surface area (Å²) in [6, 6.07) is 9.87. The van der Waals surface area contributed by atoms with Crippen molar-refractivity contribution in [2.75, 3.05) is 13.2 Å². The van der Waals surface area contributed by atoms with Crippen LogP contribution in [0.4, 0.5) is 0 Å². The quantitative estimate of drug-likeness (QED) is 0.723. The molecule has 1 aromatic carbocycles. The third-order valence-electron chi connectivity index (χ3n) is 3.16. The first-order chi connectivity index (χ1) is 11.9. The van der Waals surface area contributed by atoms with E-state index in [0.717, 1.165) is 0 Å². The van der Waals surface area contributed by atoms with E-state index < -0.39 is 11.5 Å². The number of nitrogens with one attached hydrogen (secondary N) is 1. The molecule has 1 N–H and O–H groups in total. The Morgan fingerprint density at radius 2 is 1.73 bits per heavy atom. The van der Waals surface area contributed by atoms with Gasteiger partial charge in [0.15, 0.2) is 6.61 Å². The smallest absolute Gasteiger partial charge is 0.344 e. The van der Waals surface area contributed by atoms with E-state index in [1.54, 1.807) is 50.2 Å². The summed E-state index contributed by atoms with van der Waals surface area (Å²) >= 11 is 5.77. The van der Waals surface area contributed by atoms with Gasteiger partial charge in [-0.05, 0) is 50.2 Å². The summed E-state index contributed by atoms with van der Waals surface area (Å²) in [4.78, 5) is 27.8. The average molecular weight is 399 g/mol. The molecule has 1 amide bonds. The molecule has 0 aliphatic carbocycles. The van der Waals surface area contributed by atoms with Crippen LogP contribution in [-0.2, 0) is 9.53 Å². The molecule has 2 aromatic rings. The van der Waals surface area contributed by atoms with Crippen molar-refractivity contribution in [3.63, 3.8) is 0 Å². The summed E-state index contributed by atoms with van der Waals surface area (Å²) < 4.78 is 10.5. The van der Waals surface area contributed by atoms with E-state index in [0.29, 0.717) is 16.3 Å². The van der Waals surface area contributed by atoms with Gasteiger partial charge >= 0.3 is 5.97 Å². The lowest BCUT2D eigenvalue weighted by atomic mass is 10.1. The van der Waals surface area contributed by atoms with E-state index in [-0.39, 0.29) is 31.5 Å². The molecule has 0 saturated heterocycles. The maximum Gasteiger partial charge on any atom is 0.344 e. The van der Waals surface area contributed by atoms with Gasteiger partial charge in [-0.1, -0.05) is 11.6 Å². The molecule has 26 heavy (non-hydrogen) atoms. The molecule has 0 spiro atoms. The van der Waals surface area contributed by atoms with E-state index in [1.807, 2.05) is 0 Å². The standard InChI is InChI=1S/C18H19ClN2O4.ClH/c1-18(2,21-17(23)13-7-9-20-10-8-13)12-25-16(22)11-24-15-5-3-14(19)4-6-15;/h3-10H,11-12H2,1-2H3,(H,21,23);1H. The van der Waals surface area contributed by atoms with Crippen molar-refractivity contribution >= 4 is 35.9 Å². The third-order valence-corrected chi connectivity index (χ3v) is 3.41. The molecule has 0 aliphatic heterocycles. The first-order valence-electron chi connectivity index (χ1n) is 7.62. The van der Waals surface area contributed by atoms with Crippen LogP contribution in [0.1, 0.15) is 24.2 Å². The molecule has 6 nitrogen and oxygen atoms in total. The fourth-order valence-electron chi connectivity index (χ4n) is 1.89. The molecular weight excluding hydrogens is 379 g/mol. The molecule has 0 atom stereocenters. The van der Waals surface area contributed by atoms with E-state index >= 15 is 0 Å². The Bertz CT molecular complexity index is 722. The van der Waals surface area contributed by atoms with Crippen LogP contribution in [0, 0.1) is 0 Å². The van der Waals surface area contributed by atoms with E-state index in [4.69, 9.17) is 21.1 Å². The summed E-state index contributed by atoms with van der Waals surface area (Å²) in [7, 11) is 0. The number of aromatic nitrogens is 1. The first kappa shape index (κ1) is 21.7. The summed E-state index contributed by atoms with van der Waals surface area (Å²) in [5.74, 6) is -0.270. The first-order valence-corrected chi connectivity index (χ1v) is 8.00. The second-order valence-electron chi connectivity index (χ2n) is 5.98. The van der Waals surface area contributed by atoms with Crippen LogP contribution in [0.15, 0.2) is 48.8 Å². The van der Waals surface area contributed by atoms with Crippen LogP contribution in [0.2, 0.25) is 5.02 Å². The minimum atomic E-state index is -0.726. The number of benzene rings is 1. The number of rotatable bonds is 7. The van der Waals surface area contributed by atoms with Gasteiger partial charge in [-0.2, -0.15) is 0 Å². The van der Waals surface area contributed by atoms with Crippen LogP contribution in [0.3, 0.4) is 0 Å². The molecule has 0 radical (unpaired) electrons. The van der Waals surface area contributed by atoms with Gasteiger partial charge in [0.05, 0.1) is 5.54 Å². The molecule has 0 unspecified atom stereocenters. The van der Waals surface area contributed by atoms with Crippen molar-refractivity contribution < 1.29 is 19.1 Å². The highest BCUT2D eigenvalue weighted by Gasteiger charge is 2.23. The second-order valence-corrected chi connectivity index (χ2v) is 6.41. The zero-order valence-corrected chi connectivity index (χ0v) is 16.0. The zero-order valence-electron chi connectivity index (χ0n) is 14.4. The highest BCUT2D eigenvalue weighted by atomic mass is 35.5. The maximum atomic E-state index is 12.1. The number of hydrogen-bond donors (Lipinski definition) is 1. The lowest BCUT2D eigenvalue weighted by Gasteiger charge is -2.25. The Kier molecular flexibility index (Phi) is 8.35. The number of esters is 1. The number of amides is 1. The maximum absolute atomic E-state index is 12.1. The van der Waals surface area contributed by atoms with E-state index in [2.05, 4.69) is 10.3 Å². The normalized spacial score (nSPS) is 10.4. The minimum absolute atomic E-state index is 0. The van der Waals surface area contributed by atoms with E-state index in [9.17, 15) is 9.59 Å². The van der Waals surface area contributed by atoms with Crippen molar-refractivity contribution in [3.05, 3.63) is 59.4 Å². The molecule has 8 heteroatoms. The topological polar surface area (TPSA) is 77.5 Å². The van der Waals surface area contributed by atoms with Gasteiger partial charge in [-0.3, -0.25) is 9.78 Å². The fraction of sp³-hybridized carbons (Fsp3) is 0.278. The largest absolute Gasteiger partial charge is 0.482 e. The SMILES string of the molecule is CC(C)(COC(=O)COc1ccc(Cl)cc1)NC(=O)c1ccncc1.Cl. The lowest BCUT2D eigenvalue weighted by Crippen LogP contribution is -2.47. The number of carbonyl (C=O) groups is 2. The number of carbonyl (C=O) groups excluding carboxylic acids is 2. The average Bonchev–Trinajstić information content (AvgIpc) is 2.60. The molecule has 1 aromatic heterocycles. The van der Waals surface area contributed by atoms with Crippen molar-refractivity contribution in [2.45, 2.75) is 19.4 Å². The molecule has 0 saturated carbocycles. The summed E-state index contributed by atoms with van der Waals surface area (Å²) in [5.41, 5.74) is -0.239. The number of nitrogens with zero attached hydrogens (tertiary/aromatic N) is 1. The third kappa shape index (κ3) is 7.29. The van der Waals surface area contributed by atoms with Crippen LogP contribution in [-0.4, -0.2) is 35.6 Å². The summed E-state index contributed by atoms with van der Waals surface area (Å²) in [5, 5.41) is 3.39. The summed E-state index contributed by atoms with van der Waals surface area (Å²) in [6.45, 7) is 3.32. The van der Waals surface area contributed by atoms with Gasteiger partial charge in [-0.15, -0.1) is 12.4 Å². The van der Waals surface area contributed by atoms with Gasteiger partial charge in [0.2, 0.25) is 0 Å². The molecule has 140 valence electrons. The number of pyridine rings is 1. The van der Waals surface area contributed by atoms with E-state index in [1.165, 1.54) is 12.4 Å². The number of ether oxygens (including phenoxy) is 2. The van der Waals surface area contributed by atoms with Crippen molar-refractivity contribution in [1.29, 1.82) is 0 Å². The van der Waals surface area contributed by atoms with Crippen molar-refractivity contribution in [3.8, 4) is 5.75 Å². The van der Waals surface area contributed by atoms with Gasteiger partial charge in [0, 0.05) is 23.0 Å². The van der Waals surface area contributed by atoms with Crippen molar-refractivity contribution in [1.82, 2.24) is 10.3 Å². The van der Waals surface area contributed by atoms with Gasteiger partial charge in [0.1, 0.15) is 12.4 Å². The Morgan fingerprint density at radius 3 is 2.35 bits per heavy atom. The fourth-order valence-corrected chi connectivity index (χ4v) is 2.02. The molecule has 0 fully saturated rings. The monoisotopic (exact) mass is 398 g/mol. The Morgan fingerprint density at radius 1 is 1.12 bits per heavy atom.